The molecule has 5 nitrogen and oxygen atoms in total. The van der Waals surface area contributed by atoms with Crippen LogP contribution in [0.4, 0.5) is 5.82 Å². The molecule has 2 aromatic heterocycles. The summed E-state index contributed by atoms with van der Waals surface area (Å²) in [5.74, 6) is 0.828. The Morgan fingerprint density at radius 1 is 1.08 bits per heavy atom. The second-order valence-corrected chi connectivity index (χ2v) is 7.27. The molecule has 0 aliphatic carbocycles. The van der Waals surface area contributed by atoms with Crippen LogP contribution < -0.4 is 5.32 Å². The zero-order valence-electron chi connectivity index (χ0n) is 13.8. The first-order chi connectivity index (χ1) is 12.3. The summed E-state index contributed by atoms with van der Waals surface area (Å²) in [5, 5.41) is 3.52. The van der Waals surface area contributed by atoms with Crippen LogP contribution in [-0.4, -0.2) is 34.7 Å². The maximum absolute atomic E-state index is 5.61. The number of fused-ring (bicyclic) bond motifs is 1. The highest BCUT2D eigenvalue weighted by Gasteiger charge is 2.34. The van der Waals surface area contributed by atoms with Crippen molar-refractivity contribution in [3.63, 3.8) is 0 Å². The fourth-order valence-electron chi connectivity index (χ4n) is 3.36. The monoisotopic (exact) mass is 398 g/mol. The number of pyridine rings is 1. The molecule has 0 radical (unpaired) electrons. The number of ether oxygens (including phenoxy) is 1. The maximum Gasteiger partial charge on any atom is 0.180 e. The number of anilines is 1. The molecular formula is C19H19BrN4O. The number of nitrogens with one attached hydrogen (secondary N) is 1. The van der Waals surface area contributed by atoms with Gasteiger partial charge >= 0.3 is 0 Å². The topological polar surface area (TPSA) is 59.9 Å². The molecule has 0 bridgehead atoms. The zero-order valence-corrected chi connectivity index (χ0v) is 15.4. The minimum atomic E-state index is 0.0427. The number of benzene rings is 1. The van der Waals surface area contributed by atoms with Crippen molar-refractivity contribution < 1.29 is 4.74 Å². The van der Waals surface area contributed by atoms with Crippen LogP contribution in [0.3, 0.4) is 0 Å². The second-order valence-electron chi connectivity index (χ2n) is 6.35. The van der Waals surface area contributed by atoms with Crippen molar-refractivity contribution in [2.24, 2.45) is 0 Å². The van der Waals surface area contributed by atoms with Gasteiger partial charge in [-0.15, -0.1) is 0 Å². The van der Waals surface area contributed by atoms with E-state index in [0.29, 0.717) is 5.65 Å². The van der Waals surface area contributed by atoms with Crippen LogP contribution >= 0.6 is 15.9 Å². The Morgan fingerprint density at radius 2 is 1.92 bits per heavy atom. The number of aromatic nitrogens is 3. The van der Waals surface area contributed by atoms with Crippen LogP contribution in [-0.2, 0) is 10.2 Å². The molecule has 0 amide bonds. The molecule has 1 aromatic carbocycles. The van der Waals surface area contributed by atoms with Crippen molar-refractivity contribution in [1.82, 2.24) is 15.0 Å². The third-order valence-electron chi connectivity index (χ3n) is 4.83. The van der Waals surface area contributed by atoms with E-state index in [1.54, 1.807) is 12.4 Å². The van der Waals surface area contributed by atoms with Crippen LogP contribution in [0, 0.1) is 0 Å². The van der Waals surface area contributed by atoms with E-state index in [1.165, 1.54) is 5.56 Å². The Labute approximate surface area is 155 Å². The highest BCUT2D eigenvalue weighted by atomic mass is 79.9. The minimum absolute atomic E-state index is 0.0427. The normalized spacial score (nSPS) is 16.7. The van der Waals surface area contributed by atoms with E-state index in [0.717, 1.165) is 48.4 Å². The molecule has 1 fully saturated rings. The van der Waals surface area contributed by atoms with E-state index in [9.17, 15) is 0 Å². The molecule has 1 aliphatic rings. The van der Waals surface area contributed by atoms with Crippen molar-refractivity contribution in [3.8, 4) is 0 Å². The van der Waals surface area contributed by atoms with Crippen LogP contribution in [0.2, 0.25) is 0 Å². The minimum Gasteiger partial charge on any atom is -0.381 e. The van der Waals surface area contributed by atoms with E-state index >= 15 is 0 Å². The smallest absolute Gasteiger partial charge is 0.180 e. The number of hydrogen-bond donors (Lipinski definition) is 1. The molecule has 128 valence electrons. The lowest BCUT2D eigenvalue weighted by Gasteiger charge is -2.38. The first-order valence-electron chi connectivity index (χ1n) is 8.41. The highest BCUT2D eigenvalue weighted by Crippen LogP contribution is 2.36. The summed E-state index contributed by atoms with van der Waals surface area (Å²) in [6, 6.07) is 12.5. The van der Waals surface area contributed by atoms with Crippen molar-refractivity contribution in [1.29, 1.82) is 0 Å². The predicted octanol–water partition coefficient (Wildman–Crippen LogP) is 3.95. The van der Waals surface area contributed by atoms with Gasteiger partial charge in [0.2, 0.25) is 0 Å². The molecule has 1 saturated heterocycles. The Morgan fingerprint density at radius 3 is 2.76 bits per heavy atom. The lowest BCUT2D eigenvalue weighted by Crippen LogP contribution is -2.40. The average molecular weight is 399 g/mol. The van der Waals surface area contributed by atoms with Crippen LogP contribution in [0.15, 0.2) is 53.3 Å². The van der Waals surface area contributed by atoms with Gasteiger partial charge in [-0.1, -0.05) is 28.1 Å². The maximum atomic E-state index is 5.61. The van der Waals surface area contributed by atoms with Gasteiger partial charge in [0.15, 0.2) is 5.65 Å². The van der Waals surface area contributed by atoms with Gasteiger partial charge < -0.3 is 10.1 Å². The molecule has 0 unspecified atom stereocenters. The quantitative estimate of drug-likeness (QED) is 0.720. The molecule has 0 atom stereocenters. The van der Waals surface area contributed by atoms with Gasteiger partial charge in [-0.2, -0.15) is 0 Å². The fraction of sp³-hybridized carbons (Fsp3) is 0.316. The number of nitrogens with zero attached hydrogens (tertiary/aromatic N) is 3. The molecule has 3 heterocycles. The second kappa shape index (κ2) is 7.06. The Hall–Kier alpha value is -2.05. The molecular weight excluding hydrogens is 380 g/mol. The highest BCUT2D eigenvalue weighted by molar-refractivity contribution is 9.10. The van der Waals surface area contributed by atoms with E-state index in [-0.39, 0.29) is 5.41 Å². The van der Waals surface area contributed by atoms with Crippen LogP contribution in [0.1, 0.15) is 18.4 Å². The fourth-order valence-corrected chi connectivity index (χ4v) is 3.76. The summed E-state index contributed by atoms with van der Waals surface area (Å²) in [6.07, 6.45) is 5.33. The third-order valence-corrected chi connectivity index (χ3v) is 5.32. The SMILES string of the molecule is Brc1cccc(C2(CNc3ccc4nccnc4n3)CCOCC2)c1. The van der Waals surface area contributed by atoms with E-state index < -0.39 is 0 Å². The molecule has 6 heteroatoms. The van der Waals surface area contributed by atoms with Crippen LogP contribution in [0.5, 0.6) is 0 Å². The van der Waals surface area contributed by atoms with Crippen molar-refractivity contribution in [3.05, 3.63) is 58.8 Å². The third kappa shape index (κ3) is 3.50. The Balaban J connectivity index is 1.60. The molecule has 1 N–H and O–H groups in total. The van der Waals surface area contributed by atoms with Gasteiger partial charge in [-0.05, 0) is 42.7 Å². The molecule has 3 aromatic rings. The average Bonchev–Trinajstić information content (AvgIpc) is 2.67. The van der Waals surface area contributed by atoms with Crippen LogP contribution in [0.25, 0.3) is 11.2 Å². The number of rotatable bonds is 4. The number of hydrogen-bond acceptors (Lipinski definition) is 5. The molecule has 0 saturated carbocycles. The summed E-state index contributed by atoms with van der Waals surface area (Å²) in [7, 11) is 0. The standard InChI is InChI=1S/C19H19BrN4O/c20-15-3-1-2-14(12-15)19(6-10-25-11-7-19)13-23-17-5-4-16-18(24-17)22-9-8-21-16/h1-5,8-9,12H,6-7,10-11,13H2,(H,22,23,24). The van der Waals surface area contributed by atoms with Gasteiger partial charge in [-0.3, -0.25) is 4.98 Å². The molecule has 0 spiro atoms. The van der Waals surface area contributed by atoms with E-state index in [2.05, 4.69) is 60.5 Å². The Bertz CT molecular complexity index is 880. The van der Waals surface area contributed by atoms with Gasteiger partial charge in [-0.25, -0.2) is 9.97 Å². The van der Waals surface area contributed by atoms with Gasteiger partial charge in [0, 0.05) is 42.0 Å². The van der Waals surface area contributed by atoms with E-state index in [4.69, 9.17) is 4.74 Å². The molecule has 4 rings (SSSR count). The van der Waals surface area contributed by atoms with Crippen molar-refractivity contribution in [2.45, 2.75) is 18.3 Å². The van der Waals surface area contributed by atoms with Gasteiger partial charge in [0.1, 0.15) is 11.3 Å². The summed E-state index contributed by atoms with van der Waals surface area (Å²) < 4.78 is 6.72. The van der Waals surface area contributed by atoms with Crippen molar-refractivity contribution in [2.75, 3.05) is 25.1 Å². The number of halogens is 1. The first kappa shape index (κ1) is 16.4. The summed E-state index contributed by atoms with van der Waals surface area (Å²) in [6.45, 7) is 2.38. The van der Waals surface area contributed by atoms with Gasteiger partial charge in [0.25, 0.3) is 0 Å². The zero-order chi connectivity index (χ0) is 17.1. The molecule has 25 heavy (non-hydrogen) atoms. The summed E-state index contributed by atoms with van der Waals surface area (Å²) >= 11 is 3.60. The van der Waals surface area contributed by atoms with Gasteiger partial charge in [0.05, 0.1) is 0 Å². The first-order valence-corrected chi connectivity index (χ1v) is 9.20. The largest absolute Gasteiger partial charge is 0.381 e. The molecule has 1 aliphatic heterocycles. The lowest BCUT2D eigenvalue weighted by molar-refractivity contribution is 0.0543. The summed E-state index contributed by atoms with van der Waals surface area (Å²) in [5.41, 5.74) is 2.84. The predicted molar refractivity (Wildman–Crippen MR) is 102 cm³/mol. The van der Waals surface area contributed by atoms with Crippen molar-refractivity contribution >= 4 is 32.9 Å². The summed E-state index contributed by atoms with van der Waals surface area (Å²) in [4.78, 5) is 13.1. The van der Waals surface area contributed by atoms with E-state index in [1.807, 2.05) is 12.1 Å². The lowest BCUT2D eigenvalue weighted by atomic mass is 9.74. The Kier molecular flexibility index (Phi) is 4.63.